The molecular formula is C20H20N4O4. The number of nitro benzene ring substituents is 1. The molecule has 1 amide bonds. The molecule has 0 spiro atoms. The third-order valence-corrected chi connectivity index (χ3v) is 5.13. The van der Waals surface area contributed by atoms with E-state index in [1.165, 1.54) is 19.2 Å². The van der Waals surface area contributed by atoms with Crippen LogP contribution >= 0.6 is 0 Å². The Morgan fingerprint density at radius 2 is 2.14 bits per heavy atom. The summed E-state index contributed by atoms with van der Waals surface area (Å²) in [5.41, 5.74) is 1.97. The van der Waals surface area contributed by atoms with Crippen LogP contribution in [0.5, 0.6) is 5.75 Å². The molecule has 2 aromatic carbocycles. The highest BCUT2D eigenvalue weighted by molar-refractivity contribution is 5.95. The number of rotatable bonds is 4. The number of piperidine rings is 1. The number of hydrogen-bond acceptors (Lipinski definition) is 5. The van der Waals surface area contributed by atoms with E-state index in [4.69, 9.17) is 4.74 Å². The summed E-state index contributed by atoms with van der Waals surface area (Å²) in [7, 11) is 1.37. The van der Waals surface area contributed by atoms with E-state index in [0.717, 1.165) is 29.7 Å². The Hall–Kier alpha value is -3.42. The van der Waals surface area contributed by atoms with Crippen LogP contribution in [0.2, 0.25) is 0 Å². The molecule has 0 saturated carbocycles. The molecule has 0 unspecified atom stereocenters. The number of H-pyrrole nitrogens is 1. The van der Waals surface area contributed by atoms with Gasteiger partial charge < -0.3 is 14.6 Å². The Bertz CT molecular complexity index is 1010. The molecule has 4 rings (SSSR count). The first-order valence-corrected chi connectivity index (χ1v) is 9.13. The van der Waals surface area contributed by atoms with Crippen LogP contribution in [0.4, 0.5) is 5.69 Å². The lowest BCUT2D eigenvalue weighted by Gasteiger charge is -2.32. The first-order chi connectivity index (χ1) is 13.6. The number of amides is 1. The highest BCUT2D eigenvalue weighted by atomic mass is 16.6. The lowest BCUT2D eigenvalue weighted by Crippen LogP contribution is -2.39. The molecule has 8 heteroatoms. The van der Waals surface area contributed by atoms with Gasteiger partial charge in [-0.1, -0.05) is 12.1 Å². The van der Waals surface area contributed by atoms with Gasteiger partial charge in [0.1, 0.15) is 5.82 Å². The van der Waals surface area contributed by atoms with E-state index in [0.29, 0.717) is 13.1 Å². The van der Waals surface area contributed by atoms with E-state index in [2.05, 4.69) is 9.97 Å². The lowest BCUT2D eigenvalue weighted by molar-refractivity contribution is -0.385. The van der Waals surface area contributed by atoms with E-state index in [9.17, 15) is 14.9 Å². The van der Waals surface area contributed by atoms with Crippen molar-refractivity contribution in [3.63, 3.8) is 0 Å². The van der Waals surface area contributed by atoms with Crippen molar-refractivity contribution in [3.8, 4) is 5.75 Å². The maximum Gasteiger partial charge on any atom is 0.311 e. The SMILES string of the molecule is COc1ccc(C(=O)N2CCC[C@H](c3nc4ccccc4[nH]3)C2)cc1[N+](=O)[O-]. The molecule has 1 aliphatic heterocycles. The summed E-state index contributed by atoms with van der Waals surface area (Å²) in [6.07, 6.45) is 1.79. The molecule has 1 N–H and O–H groups in total. The molecule has 2 heterocycles. The highest BCUT2D eigenvalue weighted by Crippen LogP contribution is 2.30. The Balaban J connectivity index is 1.56. The number of imidazole rings is 1. The molecule has 1 atom stereocenters. The summed E-state index contributed by atoms with van der Waals surface area (Å²) in [5, 5.41) is 11.2. The zero-order chi connectivity index (χ0) is 19.7. The summed E-state index contributed by atoms with van der Waals surface area (Å²) in [6, 6.07) is 12.2. The third kappa shape index (κ3) is 3.28. The van der Waals surface area contributed by atoms with Gasteiger partial charge in [-0.15, -0.1) is 0 Å². The largest absolute Gasteiger partial charge is 0.490 e. The van der Waals surface area contributed by atoms with Gasteiger partial charge >= 0.3 is 5.69 Å². The molecule has 1 aliphatic rings. The van der Waals surface area contributed by atoms with Crippen LogP contribution in [0, 0.1) is 10.1 Å². The number of carbonyl (C=O) groups is 1. The average Bonchev–Trinajstić information content (AvgIpc) is 3.17. The van der Waals surface area contributed by atoms with Crippen molar-refractivity contribution < 1.29 is 14.5 Å². The number of likely N-dealkylation sites (tertiary alicyclic amines) is 1. The number of ether oxygens (including phenoxy) is 1. The highest BCUT2D eigenvalue weighted by Gasteiger charge is 2.28. The van der Waals surface area contributed by atoms with Crippen LogP contribution in [0.1, 0.15) is 34.9 Å². The molecule has 3 aromatic rings. The number of aromatic amines is 1. The monoisotopic (exact) mass is 380 g/mol. The lowest BCUT2D eigenvalue weighted by atomic mass is 9.96. The van der Waals surface area contributed by atoms with Crippen molar-refractivity contribution in [1.29, 1.82) is 0 Å². The quantitative estimate of drug-likeness (QED) is 0.551. The second-order valence-corrected chi connectivity index (χ2v) is 6.87. The summed E-state index contributed by atoms with van der Waals surface area (Å²) in [5.74, 6) is 0.907. The van der Waals surface area contributed by atoms with Crippen molar-refractivity contribution in [2.75, 3.05) is 20.2 Å². The Morgan fingerprint density at radius 1 is 1.32 bits per heavy atom. The number of nitrogens with zero attached hydrogens (tertiary/aromatic N) is 3. The minimum atomic E-state index is -0.539. The molecule has 1 saturated heterocycles. The minimum Gasteiger partial charge on any atom is -0.490 e. The predicted molar refractivity (Wildman–Crippen MR) is 104 cm³/mol. The predicted octanol–water partition coefficient (Wildman–Crippen LogP) is 3.50. The molecule has 0 aliphatic carbocycles. The first kappa shape index (κ1) is 18.0. The van der Waals surface area contributed by atoms with E-state index in [1.54, 1.807) is 11.0 Å². The zero-order valence-electron chi connectivity index (χ0n) is 15.4. The topological polar surface area (TPSA) is 101 Å². The fourth-order valence-electron chi connectivity index (χ4n) is 3.70. The van der Waals surface area contributed by atoms with Crippen molar-refractivity contribution >= 4 is 22.6 Å². The Morgan fingerprint density at radius 3 is 2.89 bits per heavy atom. The number of hydrogen-bond donors (Lipinski definition) is 1. The van der Waals surface area contributed by atoms with Crippen LogP contribution < -0.4 is 4.74 Å². The number of carbonyl (C=O) groups excluding carboxylic acids is 1. The molecular weight excluding hydrogens is 360 g/mol. The van der Waals surface area contributed by atoms with Gasteiger partial charge in [-0.3, -0.25) is 14.9 Å². The number of aromatic nitrogens is 2. The smallest absolute Gasteiger partial charge is 0.311 e. The van der Waals surface area contributed by atoms with Gasteiger partial charge in [0.25, 0.3) is 5.91 Å². The fraction of sp³-hybridized carbons (Fsp3) is 0.300. The van der Waals surface area contributed by atoms with Crippen LogP contribution in [0.15, 0.2) is 42.5 Å². The Labute approximate surface area is 161 Å². The number of fused-ring (bicyclic) bond motifs is 1. The summed E-state index contributed by atoms with van der Waals surface area (Å²) < 4.78 is 5.01. The van der Waals surface area contributed by atoms with Crippen LogP contribution in [0.3, 0.4) is 0 Å². The number of nitrogens with one attached hydrogen (secondary N) is 1. The molecule has 1 aromatic heterocycles. The standard InChI is InChI=1S/C20H20N4O4/c1-28-18-9-8-13(11-17(18)24(26)27)20(25)23-10-4-5-14(12-23)19-21-15-6-2-3-7-16(15)22-19/h2-3,6-9,11,14H,4-5,10,12H2,1H3,(H,21,22)/t14-/m0/s1. The van der Waals surface area contributed by atoms with Gasteiger partial charge in [-0.25, -0.2) is 4.98 Å². The van der Waals surface area contributed by atoms with E-state index in [-0.39, 0.29) is 28.8 Å². The molecule has 0 bridgehead atoms. The summed E-state index contributed by atoms with van der Waals surface area (Å²) in [4.78, 5) is 33.4. The minimum absolute atomic E-state index is 0.110. The zero-order valence-corrected chi connectivity index (χ0v) is 15.4. The van der Waals surface area contributed by atoms with Crippen molar-refractivity contribution in [2.45, 2.75) is 18.8 Å². The molecule has 28 heavy (non-hydrogen) atoms. The van der Waals surface area contributed by atoms with Crippen molar-refractivity contribution in [1.82, 2.24) is 14.9 Å². The van der Waals surface area contributed by atoms with Crippen molar-refractivity contribution in [2.24, 2.45) is 0 Å². The van der Waals surface area contributed by atoms with Crippen LogP contribution in [0.25, 0.3) is 11.0 Å². The van der Waals surface area contributed by atoms with Crippen LogP contribution in [-0.2, 0) is 0 Å². The van der Waals surface area contributed by atoms with E-state index in [1.807, 2.05) is 24.3 Å². The molecule has 0 radical (unpaired) electrons. The maximum atomic E-state index is 13.0. The van der Waals surface area contributed by atoms with Gasteiger partial charge in [0.2, 0.25) is 0 Å². The summed E-state index contributed by atoms with van der Waals surface area (Å²) in [6.45, 7) is 1.15. The third-order valence-electron chi connectivity index (χ3n) is 5.13. The van der Waals surface area contributed by atoms with Gasteiger partial charge in [0.05, 0.1) is 23.1 Å². The van der Waals surface area contributed by atoms with Crippen molar-refractivity contribution in [3.05, 3.63) is 64.0 Å². The second kappa shape index (κ2) is 7.30. The van der Waals surface area contributed by atoms with Gasteiger partial charge in [0.15, 0.2) is 5.75 Å². The van der Waals surface area contributed by atoms with Crippen LogP contribution in [-0.4, -0.2) is 45.9 Å². The number of methoxy groups -OCH3 is 1. The normalized spacial score (nSPS) is 16.9. The maximum absolute atomic E-state index is 13.0. The number of para-hydroxylation sites is 2. The van der Waals surface area contributed by atoms with Gasteiger partial charge in [-0.2, -0.15) is 0 Å². The summed E-state index contributed by atoms with van der Waals surface area (Å²) >= 11 is 0. The Kier molecular flexibility index (Phi) is 4.68. The first-order valence-electron chi connectivity index (χ1n) is 9.13. The van der Waals surface area contributed by atoms with E-state index >= 15 is 0 Å². The van der Waals surface area contributed by atoms with E-state index < -0.39 is 4.92 Å². The fourth-order valence-corrected chi connectivity index (χ4v) is 3.70. The molecule has 1 fully saturated rings. The van der Waals surface area contributed by atoms with Gasteiger partial charge in [0, 0.05) is 30.6 Å². The molecule has 8 nitrogen and oxygen atoms in total. The van der Waals surface area contributed by atoms with Gasteiger partial charge in [-0.05, 0) is 37.1 Å². The number of nitro groups is 1. The number of benzene rings is 2. The average molecular weight is 380 g/mol. The molecule has 144 valence electrons. The second-order valence-electron chi connectivity index (χ2n) is 6.87.